The van der Waals surface area contributed by atoms with Gasteiger partial charge < -0.3 is 4.98 Å². The lowest BCUT2D eigenvalue weighted by molar-refractivity contribution is 1.28. The first-order valence-corrected chi connectivity index (χ1v) is 7.26. The van der Waals surface area contributed by atoms with Gasteiger partial charge in [-0.1, -0.05) is 46.3 Å². The maximum atomic E-state index is 12.6. The van der Waals surface area contributed by atoms with Gasteiger partial charge in [0.05, 0.1) is 11.2 Å². The van der Waals surface area contributed by atoms with Crippen LogP contribution < -0.4 is 5.43 Å². The molecule has 1 N–H and O–H groups in total. The van der Waals surface area contributed by atoms with Crippen molar-refractivity contribution >= 4 is 26.8 Å². The molecule has 0 aliphatic carbocycles. The van der Waals surface area contributed by atoms with Gasteiger partial charge in [-0.05, 0) is 37.1 Å². The van der Waals surface area contributed by atoms with Gasteiger partial charge in [0, 0.05) is 15.4 Å². The van der Waals surface area contributed by atoms with Crippen molar-refractivity contribution in [1.29, 1.82) is 0 Å². The number of hydrogen-bond acceptors (Lipinski definition) is 1. The molecule has 3 heteroatoms. The molecule has 0 aliphatic rings. The van der Waals surface area contributed by atoms with Crippen LogP contribution in [-0.4, -0.2) is 4.98 Å². The lowest BCUT2D eigenvalue weighted by Crippen LogP contribution is -2.10. The van der Waals surface area contributed by atoms with Crippen molar-refractivity contribution in [3.8, 4) is 11.3 Å². The fourth-order valence-corrected chi connectivity index (χ4v) is 2.79. The summed E-state index contributed by atoms with van der Waals surface area (Å²) in [6.45, 7) is 3.88. The lowest BCUT2D eigenvalue weighted by atomic mass is 10.0. The molecule has 3 aromatic rings. The molecule has 0 saturated heterocycles. The Morgan fingerprint density at radius 2 is 1.65 bits per heavy atom. The van der Waals surface area contributed by atoms with Crippen LogP contribution in [0.15, 0.2) is 51.7 Å². The Hall–Kier alpha value is -1.87. The maximum absolute atomic E-state index is 12.6. The molecule has 0 amide bonds. The molecule has 3 rings (SSSR count). The maximum Gasteiger partial charge on any atom is 0.192 e. The Morgan fingerprint density at radius 3 is 2.35 bits per heavy atom. The van der Waals surface area contributed by atoms with Gasteiger partial charge in [-0.2, -0.15) is 0 Å². The molecule has 0 atom stereocenters. The largest absolute Gasteiger partial charge is 0.354 e. The van der Waals surface area contributed by atoms with Crippen LogP contribution in [0.5, 0.6) is 0 Å². The van der Waals surface area contributed by atoms with E-state index in [0.29, 0.717) is 0 Å². The highest BCUT2D eigenvalue weighted by Gasteiger charge is 2.12. The van der Waals surface area contributed by atoms with Crippen molar-refractivity contribution in [3.05, 3.63) is 68.3 Å². The number of hydrogen-bond donors (Lipinski definition) is 1. The first-order chi connectivity index (χ1) is 9.59. The van der Waals surface area contributed by atoms with Gasteiger partial charge in [0.15, 0.2) is 5.43 Å². The zero-order chi connectivity index (χ0) is 14.3. The first-order valence-electron chi connectivity index (χ1n) is 6.46. The van der Waals surface area contributed by atoms with E-state index in [9.17, 15) is 4.79 Å². The molecule has 0 bridgehead atoms. The number of rotatable bonds is 1. The van der Waals surface area contributed by atoms with Gasteiger partial charge in [0.1, 0.15) is 0 Å². The highest BCUT2D eigenvalue weighted by Crippen LogP contribution is 2.26. The molecule has 0 fully saturated rings. The smallest absolute Gasteiger partial charge is 0.192 e. The summed E-state index contributed by atoms with van der Waals surface area (Å²) in [4.78, 5) is 16.0. The van der Waals surface area contributed by atoms with Crippen LogP contribution in [-0.2, 0) is 0 Å². The number of H-pyrrole nitrogens is 1. The Kier molecular flexibility index (Phi) is 3.22. The normalized spacial score (nSPS) is 10.9. The molecule has 1 heterocycles. The zero-order valence-corrected chi connectivity index (χ0v) is 12.9. The highest BCUT2D eigenvalue weighted by molar-refractivity contribution is 9.10. The van der Waals surface area contributed by atoms with E-state index in [1.807, 2.05) is 56.3 Å². The molecule has 0 saturated carbocycles. The van der Waals surface area contributed by atoms with Crippen LogP contribution >= 0.6 is 15.9 Å². The van der Waals surface area contributed by atoms with E-state index >= 15 is 0 Å². The van der Waals surface area contributed by atoms with E-state index in [1.54, 1.807) is 0 Å². The number of nitrogens with one attached hydrogen (secondary N) is 1. The second kappa shape index (κ2) is 4.91. The Bertz CT molecular complexity index is 850. The van der Waals surface area contributed by atoms with Crippen LogP contribution in [0, 0.1) is 13.8 Å². The summed E-state index contributed by atoms with van der Waals surface area (Å²) in [5, 5.41) is 0.739. The number of aromatic nitrogens is 1. The third-order valence-electron chi connectivity index (χ3n) is 3.67. The average Bonchev–Trinajstić information content (AvgIpc) is 2.47. The summed E-state index contributed by atoms with van der Waals surface area (Å²) >= 11 is 3.52. The van der Waals surface area contributed by atoms with Gasteiger partial charge >= 0.3 is 0 Å². The summed E-state index contributed by atoms with van der Waals surface area (Å²) < 4.78 is 1.00. The van der Waals surface area contributed by atoms with Crippen molar-refractivity contribution in [2.75, 3.05) is 0 Å². The number of fused-ring (bicyclic) bond motifs is 1. The number of benzene rings is 2. The van der Waals surface area contributed by atoms with E-state index < -0.39 is 0 Å². The second-order valence-electron chi connectivity index (χ2n) is 4.92. The monoisotopic (exact) mass is 327 g/mol. The average molecular weight is 328 g/mol. The van der Waals surface area contributed by atoms with Crippen LogP contribution in [0.1, 0.15) is 11.1 Å². The van der Waals surface area contributed by atoms with E-state index in [4.69, 9.17) is 0 Å². The molecule has 0 aliphatic heterocycles. The van der Waals surface area contributed by atoms with Gasteiger partial charge in [0.2, 0.25) is 0 Å². The summed E-state index contributed by atoms with van der Waals surface area (Å²) in [5.41, 5.74) is 4.72. The van der Waals surface area contributed by atoms with Crippen molar-refractivity contribution in [3.63, 3.8) is 0 Å². The van der Waals surface area contributed by atoms with Gasteiger partial charge in [-0.15, -0.1) is 0 Å². The molecule has 0 spiro atoms. The predicted octanol–water partition coefficient (Wildman–Crippen LogP) is 4.57. The minimum absolute atomic E-state index is 0.0909. The zero-order valence-electron chi connectivity index (χ0n) is 11.3. The molecule has 2 nitrogen and oxygen atoms in total. The summed E-state index contributed by atoms with van der Waals surface area (Å²) in [5.74, 6) is 0. The van der Waals surface area contributed by atoms with Crippen molar-refractivity contribution < 1.29 is 0 Å². The standard InChI is InChI=1S/C17H14BrNO/c1-10-14(18)9-8-13-16(10)19-15(11(2)17(13)20)12-6-4-3-5-7-12/h3-9H,1-2H3,(H,19,20). The molecule has 20 heavy (non-hydrogen) atoms. The van der Waals surface area contributed by atoms with E-state index in [-0.39, 0.29) is 5.43 Å². The summed E-state index contributed by atoms with van der Waals surface area (Å²) in [6, 6.07) is 13.7. The lowest BCUT2D eigenvalue weighted by Gasteiger charge is -2.11. The first kappa shape index (κ1) is 13.1. The molecular formula is C17H14BrNO. The van der Waals surface area contributed by atoms with Crippen LogP contribution in [0.4, 0.5) is 0 Å². The molecule has 2 aromatic carbocycles. The molecule has 1 aromatic heterocycles. The fourth-order valence-electron chi connectivity index (χ4n) is 2.46. The highest BCUT2D eigenvalue weighted by atomic mass is 79.9. The van der Waals surface area contributed by atoms with E-state index in [0.717, 1.165) is 37.8 Å². The Morgan fingerprint density at radius 1 is 0.950 bits per heavy atom. The van der Waals surface area contributed by atoms with E-state index in [1.165, 1.54) is 0 Å². The number of pyridine rings is 1. The van der Waals surface area contributed by atoms with Crippen molar-refractivity contribution in [1.82, 2.24) is 4.98 Å². The fraction of sp³-hybridized carbons (Fsp3) is 0.118. The molecule has 100 valence electrons. The Labute approximate surface area is 125 Å². The van der Waals surface area contributed by atoms with Crippen LogP contribution in [0.2, 0.25) is 0 Å². The second-order valence-corrected chi connectivity index (χ2v) is 5.77. The SMILES string of the molecule is Cc1c(-c2ccccc2)[nH]c2c(C)c(Br)ccc2c1=O. The van der Waals surface area contributed by atoms with Crippen LogP contribution in [0.25, 0.3) is 22.2 Å². The van der Waals surface area contributed by atoms with Gasteiger partial charge in [-0.25, -0.2) is 0 Å². The number of halogens is 1. The summed E-state index contributed by atoms with van der Waals surface area (Å²) in [7, 11) is 0. The third-order valence-corrected chi connectivity index (χ3v) is 4.53. The van der Waals surface area contributed by atoms with E-state index in [2.05, 4.69) is 20.9 Å². The number of aryl methyl sites for hydroxylation is 1. The predicted molar refractivity (Wildman–Crippen MR) is 87.2 cm³/mol. The number of aromatic amines is 1. The summed E-state index contributed by atoms with van der Waals surface area (Å²) in [6.07, 6.45) is 0. The molecular weight excluding hydrogens is 314 g/mol. The minimum atomic E-state index is 0.0909. The van der Waals surface area contributed by atoms with Crippen molar-refractivity contribution in [2.24, 2.45) is 0 Å². The van der Waals surface area contributed by atoms with Crippen molar-refractivity contribution in [2.45, 2.75) is 13.8 Å². The van der Waals surface area contributed by atoms with Crippen LogP contribution in [0.3, 0.4) is 0 Å². The third kappa shape index (κ3) is 1.98. The van der Waals surface area contributed by atoms with Gasteiger partial charge in [0.25, 0.3) is 0 Å². The van der Waals surface area contributed by atoms with Gasteiger partial charge in [-0.3, -0.25) is 4.79 Å². The minimum Gasteiger partial charge on any atom is -0.354 e. The molecule has 0 radical (unpaired) electrons. The topological polar surface area (TPSA) is 32.9 Å². The molecule has 0 unspecified atom stereocenters. The quantitative estimate of drug-likeness (QED) is 0.697. The Balaban J connectivity index is 2.44.